The number of carbonyl (C=O) groups is 1. The fourth-order valence-corrected chi connectivity index (χ4v) is 5.60. The summed E-state index contributed by atoms with van der Waals surface area (Å²) >= 11 is 0. The van der Waals surface area contributed by atoms with Crippen LogP contribution in [0.2, 0.25) is 0 Å². The molecule has 0 spiro atoms. The first kappa shape index (κ1) is 32.4. The lowest BCUT2D eigenvalue weighted by Crippen LogP contribution is -2.75. The number of hydrogen-bond donors (Lipinski definition) is 8. The molecule has 5 rings (SSSR count). The summed E-state index contributed by atoms with van der Waals surface area (Å²) in [6.07, 6.45) is -5.75. The van der Waals surface area contributed by atoms with Crippen LogP contribution in [0.15, 0.2) is 59.1 Å². The average Bonchev–Trinajstić information content (AvgIpc) is 3.53. The summed E-state index contributed by atoms with van der Waals surface area (Å²) in [6, 6.07) is 10.5. The molecule has 242 valence electrons. The minimum absolute atomic E-state index is 0.00879. The minimum atomic E-state index is -2.73. The number of allylic oxidation sites excluding steroid dienone is 1. The van der Waals surface area contributed by atoms with Crippen molar-refractivity contribution in [1.82, 2.24) is 5.32 Å². The van der Waals surface area contributed by atoms with Gasteiger partial charge in [0.15, 0.2) is 11.7 Å². The van der Waals surface area contributed by atoms with Gasteiger partial charge >= 0.3 is 5.97 Å². The maximum Gasteiger partial charge on any atom is 0.335 e. The molecule has 3 heterocycles. The third-order valence-corrected chi connectivity index (χ3v) is 8.49. The summed E-state index contributed by atoms with van der Waals surface area (Å²) in [5, 5.41) is 77.4. The van der Waals surface area contributed by atoms with Crippen LogP contribution in [0.3, 0.4) is 0 Å². The zero-order chi connectivity index (χ0) is 32.5. The Labute approximate surface area is 259 Å². The molecule has 8 N–H and O–H groups in total. The second kappa shape index (κ2) is 13.2. The molecule has 3 aliphatic heterocycles. The molecule has 0 bridgehead atoms. The van der Waals surface area contributed by atoms with Crippen molar-refractivity contribution >= 4 is 23.5 Å². The number of fused-ring (bicyclic) bond motifs is 1. The smallest absolute Gasteiger partial charge is 0.335 e. The highest BCUT2D eigenvalue weighted by Crippen LogP contribution is 2.40. The van der Waals surface area contributed by atoms with Gasteiger partial charge in [-0.25, -0.2) is 4.79 Å². The Bertz CT molecular complexity index is 1490. The Morgan fingerprint density at radius 2 is 1.89 bits per heavy atom. The van der Waals surface area contributed by atoms with Crippen molar-refractivity contribution in [2.24, 2.45) is 16.8 Å². The quantitative estimate of drug-likeness (QED) is 0.167. The lowest BCUT2D eigenvalue weighted by atomic mass is 9.84. The molecule has 0 radical (unpaired) electrons. The Morgan fingerprint density at radius 3 is 2.53 bits per heavy atom. The molecule has 2 aromatic carbocycles. The molecule has 7 unspecified atom stereocenters. The Balaban J connectivity index is 1.39. The second-order valence-electron chi connectivity index (χ2n) is 11.8. The maximum absolute atomic E-state index is 11.8. The number of aliphatic hydroxyl groups excluding tert-OH is 4. The molecule has 2 aromatic rings. The van der Waals surface area contributed by atoms with Crippen LogP contribution in [-0.4, -0.2) is 104 Å². The first-order chi connectivity index (χ1) is 21.4. The van der Waals surface area contributed by atoms with Crippen molar-refractivity contribution in [2.75, 3.05) is 19.7 Å². The van der Waals surface area contributed by atoms with Crippen molar-refractivity contribution in [2.45, 2.75) is 56.7 Å². The number of carboxylic acids is 1. The number of benzene rings is 2. The number of ether oxygens (including phenoxy) is 3. The largest absolute Gasteiger partial charge is 0.508 e. The molecule has 13 heteroatoms. The number of aromatic hydroxyl groups is 1. The van der Waals surface area contributed by atoms with Crippen LogP contribution in [0.4, 0.5) is 0 Å². The highest BCUT2D eigenvalue weighted by molar-refractivity contribution is 5.91. The molecule has 7 atom stereocenters. The molecule has 13 nitrogen and oxygen atoms in total. The SMILES string of the molecule is CC(C)C(CNC(O)C1(O)C(Oc2ccc3c(c2)OCC(c2ccc(O)cc2)=C3O)OC(C(=O)O)C(O)C1O)CC1=CCN=C1. The Kier molecular flexibility index (Phi) is 9.49. The number of nitrogens with one attached hydrogen (secondary N) is 1. The van der Waals surface area contributed by atoms with Gasteiger partial charge in [0.05, 0.1) is 12.1 Å². The predicted octanol–water partition coefficient (Wildman–Crippen LogP) is 1.43. The molecule has 1 saturated heterocycles. The monoisotopic (exact) mass is 626 g/mol. The van der Waals surface area contributed by atoms with E-state index in [1.807, 2.05) is 19.9 Å². The van der Waals surface area contributed by atoms with Crippen molar-refractivity contribution < 1.29 is 54.8 Å². The van der Waals surface area contributed by atoms with Crippen LogP contribution >= 0.6 is 0 Å². The summed E-state index contributed by atoms with van der Waals surface area (Å²) in [4.78, 5) is 16.0. The molecular weight excluding hydrogens is 588 g/mol. The number of aliphatic hydroxyl groups is 5. The van der Waals surface area contributed by atoms with E-state index in [1.54, 1.807) is 18.3 Å². The third kappa shape index (κ3) is 6.54. The molecule has 0 aliphatic carbocycles. The first-order valence-electron chi connectivity index (χ1n) is 14.6. The van der Waals surface area contributed by atoms with Gasteiger partial charge in [-0.1, -0.05) is 32.1 Å². The number of carboxylic acid groups (broad SMARTS) is 1. The Morgan fingerprint density at radius 1 is 1.16 bits per heavy atom. The number of hydrogen-bond acceptors (Lipinski definition) is 12. The minimum Gasteiger partial charge on any atom is -0.508 e. The third-order valence-electron chi connectivity index (χ3n) is 8.49. The van der Waals surface area contributed by atoms with E-state index in [1.165, 1.54) is 30.3 Å². The maximum atomic E-state index is 11.8. The van der Waals surface area contributed by atoms with E-state index in [0.29, 0.717) is 29.7 Å². The van der Waals surface area contributed by atoms with Crippen LogP contribution < -0.4 is 14.8 Å². The van der Waals surface area contributed by atoms with Gasteiger partial charge in [-0.2, -0.15) is 0 Å². The van der Waals surface area contributed by atoms with E-state index in [0.717, 1.165) is 5.57 Å². The molecule has 45 heavy (non-hydrogen) atoms. The van der Waals surface area contributed by atoms with Crippen molar-refractivity contribution in [3.05, 3.63) is 65.2 Å². The number of aliphatic carboxylic acids is 1. The lowest BCUT2D eigenvalue weighted by molar-refractivity contribution is -0.338. The van der Waals surface area contributed by atoms with Gasteiger partial charge in [0.25, 0.3) is 0 Å². The number of nitrogens with zero attached hydrogens (tertiary/aromatic N) is 1. The van der Waals surface area contributed by atoms with E-state index < -0.39 is 42.4 Å². The summed E-state index contributed by atoms with van der Waals surface area (Å²) < 4.78 is 17.1. The molecule has 0 aromatic heterocycles. The summed E-state index contributed by atoms with van der Waals surface area (Å²) in [5.41, 5.74) is -0.256. The fourth-order valence-electron chi connectivity index (χ4n) is 5.60. The topological polar surface area (TPSA) is 211 Å². The fraction of sp³-hybridized carbons (Fsp3) is 0.438. The van der Waals surface area contributed by atoms with E-state index in [4.69, 9.17) is 14.2 Å². The van der Waals surface area contributed by atoms with Crippen LogP contribution in [0.25, 0.3) is 11.3 Å². The predicted molar refractivity (Wildman–Crippen MR) is 162 cm³/mol. The summed E-state index contributed by atoms with van der Waals surface area (Å²) in [6.45, 7) is 4.77. The number of rotatable bonds is 11. The van der Waals surface area contributed by atoms with Crippen LogP contribution in [-0.2, 0) is 9.53 Å². The lowest BCUT2D eigenvalue weighted by Gasteiger charge is -2.48. The number of phenols is 1. The van der Waals surface area contributed by atoms with Crippen LogP contribution in [0.5, 0.6) is 17.2 Å². The van der Waals surface area contributed by atoms with Gasteiger partial charge in [-0.3, -0.25) is 10.3 Å². The molecular formula is C32H38N2O11. The second-order valence-corrected chi connectivity index (χ2v) is 11.8. The van der Waals surface area contributed by atoms with Crippen molar-refractivity contribution in [3.63, 3.8) is 0 Å². The van der Waals surface area contributed by atoms with Gasteiger partial charge in [0.1, 0.15) is 48.1 Å². The highest BCUT2D eigenvalue weighted by atomic mass is 16.7. The molecule has 0 saturated carbocycles. The number of phenolic OH excluding ortho intramolecular Hbond substituents is 1. The molecule has 3 aliphatic rings. The van der Waals surface area contributed by atoms with Gasteiger partial charge in [0.2, 0.25) is 6.29 Å². The molecule has 1 fully saturated rings. The van der Waals surface area contributed by atoms with E-state index in [2.05, 4.69) is 10.3 Å². The van der Waals surface area contributed by atoms with E-state index in [9.17, 15) is 40.5 Å². The van der Waals surface area contributed by atoms with E-state index >= 15 is 0 Å². The van der Waals surface area contributed by atoms with Gasteiger partial charge in [0, 0.05) is 24.4 Å². The zero-order valence-corrected chi connectivity index (χ0v) is 24.8. The normalized spacial score (nSPS) is 27.5. The standard InChI is InChI=1S/C32H38N2O11/c1-16(2)19(11-17-9-10-33-13-17)14-34-30(41)32(42)28(38)26(37)27(29(39)40)45-31(32)44-21-7-8-22-24(12-21)43-15-23(25(22)36)18-3-5-20(35)6-4-18/h3-9,12-13,16,19,26-28,30-31,34-38,41-42H,10-11,14-15H2,1-2H3,(H,39,40). The number of aliphatic imine (C=N–C) groups is 1. The van der Waals surface area contributed by atoms with Crippen molar-refractivity contribution in [1.29, 1.82) is 0 Å². The van der Waals surface area contributed by atoms with Gasteiger partial charge < -0.3 is 50.0 Å². The van der Waals surface area contributed by atoms with E-state index in [-0.39, 0.29) is 48.0 Å². The Hall–Kier alpha value is -3.98. The molecule has 0 amide bonds. The zero-order valence-electron chi connectivity index (χ0n) is 24.8. The average molecular weight is 627 g/mol. The van der Waals surface area contributed by atoms with Crippen molar-refractivity contribution in [3.8, 4) is 17.2 Å². The van der Waals surface area contributed by atoms with Crippen LogP contribution in [0.1, 0.15) is 31.4 Å². The van der Waals surface area contributed by atoms with Crippen LogP contribution in [0, 0.1) is 11.8 Å². The van der Waals surface area contributed by atoms with Gasteiger partial charge in [-0.05, 0) is 53.7 Å². The summed E-state index contributed by atoms with van der Waals surface area (Å²) in [7, 11) is 0. The summed E-state index contributed by atoms with van der Waals surface area (Å²) in [5.74, 6) is -1.27. The van der Waals surface area contributed by atoms with Gasteiger partial charge in [-0.15, -0.1) is 0 Å². The highest BCUT2D eigenvalue weighted by Gasteiger charge is 2.62. The first-order valence-corrected chi connectivity index (χ1v) is 14.6.